The van der Waals surface area contributed by atoms with Crippen LogP contribution in [0.3, 0.4) is 0 Å². The summed E-state index contributed by atoms with van der Waals surface area (Å²) in [6, 6.07) is 9.84. The number of benzene rings is 2. The Morgan fingerprint density at radius 1 is 1.09 bits per heavy atom. The van der Waals surface area contributed by atoms with E-state index < -0.39 is 10.0 Å². The van der Waals surface area contributed by atoms with E-state index in [2.05, 4.69) is 10.0 Å². The van der Waals surface area contributed by atoms with Crippen LogP contribution in [0.25, 0.3) is 0 Å². The SMILES string of the molecule is Cc1cc(C)cc(NS(=O)(=O)c2ccc3c(c2)NC(=O)CO3)c1. The Labute approximate surface area is 134 Å². The zero-order valence-electron chi connectivity index (χ0n) is 12.7. The van der Waals surface area contributed by atoms with Crippen molar-refractivity contribution in [1.29, 1.82) is 0 Å². The van der Waals surface area contributed by atoms with Crippen LogP contribution in [-0.2, 0) is 14.8 Å². The fraction of sp³-hybridized carbons (Fsp3) is 0.188. The van der Waals surface area contributed by atoms with Crippen LogP contribution in [0, 0.1) is 13.8 Å². The number of ether oxygens (including phenoxy) is 1. The van der Waals surface area contributed by atoms with Gasteiger partial charge in [0.15, 0.2) is 6.61 Å². The maximum absolute atomic E-state index is 12.5. The highest BCUT2D eigenvalue weighted by Gasteiger charge is 2.21. The third kappa shape index (κ3) is 3.29. The van der Waals surface area contributed by atoms with Gasteiger partial charge in [-0.1, -0.05) is 6.07 Å². The molecule has 0 bridgehead atoms. The minimum absolute atomic E-state index is 0.0567. The third-order valence-electron chi connectivity index (χ3n) is 3.37. The first kappa shape index (κ1) is 15.4. The molecule has 6 nitrogen and oxygen atoms in total. The van der Waals surface area contributed by atoms with Gasteiger partial charge in [0.2, 0.25) is 0 Å². The van der Waals surface area contributed by atoms with Gasteiger partial charge in [-0.05, 0) is 55.3 Å². The van der Waals surface area contributed by atoms with Crippen LogP contribution in [-0.4, -0.2) is 20.9 Å². The Kier molecular flexibility index (Phi) is 3.73. The lowest BCUT2D eigenvalue weighted by molar-refractivity contribution is -0.118. The number of anilines is 2. The van der Waals surface area contributed by atoms with Gasteiger partial charge in [-0.15, -0.1) is 0 Å². The molecule has 1 heterocycles. The van der Waals surface area contributed by atoms with Gasteiger partial charge in [-0.2, -0.15) is 0 Å². The number of carbonyl (C=O) groups excluding carboxylic acids is 1. The molecule has 0 saturated carbocycles. The van der Waals surface area contributed by atoms with Crippen molar-refractivity contribution in [3.8, 4) is 5.75 Å². The highest BCUT2D eigenvalue weighted by molar-refractivity contribution is 7.92. The standard InChI is InChI=1S/C16H16N2O4S/c1-10-5-11(2)7-12(6-10)18-23(20,21)13-3-4-15-14(8-13)17-16(19)9-22-15/h3-8,18H,9H2,1-2H3,(H,17,19). The Balaban J connectivity index is 1.93. The van der Waals surface area contributed by atoms with Crippen molar-refractivity contribution in [1.82, 2.24) is 0 Å². The Hall–Kier alpha value is -2.54. The van der Waals surface area contributed by atoms with E-state index in [1.54, 1.807) is 12.1 Å². The second kappa shape index (κ2) is 5.58. The molecule has 0 spiro atoms. The first-order chi connectivity index (χ1) is 10.8. The van der Waals surface area contributed by atoms with Crippen LogP contribution in [0.4, 0.5) is 11.4 Å². The zero-order chi connectivity index (χ0) is 16.6. The Morgan fingerprint density at radius 3 is 2.48 bits per heavy atom. The lowest BCUT2D eigenvalue weighted by Crippen LogP contribution is -2.25. The molecule has 0 radical (unpaired) electrons. The summed E-state index contributed by atoms with van der Waals surface area (Å²) in [5.74, 6) is 0.143. The lowest BCUT2D eigenvalue weighted by atomic mass is 10.1. The number of amides is 1. The van der Waals surface area contributed by atoms with Crippen molar-refractivity contribution in [2.45, 2.75) is 18.7 Å². The van der Waals surface area contributed by atoms with Crippen molar-refractivity contribution in [2.75, 3.05) is 16.6 Å². The highest BCUT2D eigenvalue weighted by Crippen LogP contribution is 2.30. The summed E-state index contributed by atoms with van der Waals surface area (Å²) >= 11 is 0. The van der Waals surface area contributed by atoms with Gasteiger partial charge in [0.05, 0.1) is 10.6 Å². The van der Waals surface area contributed by atoms with Crippen LogP contribution in [0.5, 0.6) is 5.75 Å². The molecule has 2 N–H and O–H groups in total. The molecule has 23 heavy (non-hydrogen) atoms. The number of fused-ring (bicyclic) bond motifs is 1. The number of sulfonamides is 1. The number of aryl methyl sites for hydroxylation is 2. The first-order valence-electron chi connectivity index (χ1n) is 7.01. The summed E-state index contributed by atoms with van der Waals surface area (Å²) in [5.41, 5.74) is 2.78. The maximum atomic E-state index is 12.5. The van der Waals surface area contributed by atoms with Crippen molar-refractivity contribution in [2.24, 2.45) is 0 Å². The van der Waals surface area contributed by atoms with Gasteiger partial charge in [0.1, 0.15) is 5.75 Å². The van der Waals surface area contributed by atoms with E-state index in [4.69, 9.17) is 4.74 Å². The molecule has 0 atom stereocenters. The summed E-state index contributed by atoms with van der Waals surface area (Å²) in [4.78, 5) is 11.4. The van der Waals surface area contributed by atoms with E-state index in [0.29, 0.717) is 17.1 Å². The molecule has 0 aliphatic carbocycles. The average Bonchev–Trinajstić information content (AvgIpc) is 2.44. The number of hydrogen-bond acceptors (Lipinski definition) is 4. The van der Waals surface area contributed by atoms with Crippen molar-refractivity contribution in [3.63, 3.8) is 0 Å². The Bertz CT molecular complexity index is 871. The highest BCUT2D eigenvalue weighted by atomic mass is 32.2. The quantitative estimate of drug-likeness (QED) is 0.904. The van der Waals surface area contributed by atoms with Crippen molar-refractivity contribution >= 4 is 27.3 Å². The van der Waals surface area contributed by atoms with Gasteiger partial charge in [-0.3, -0.25) is 9.52 Å². The normalized spacial score (nSPS) is 13.7. The van der Waals surface area contributed by atoms with E-state index in [-0.39, 0.29) is 17.4 Å². The summed E-state index contributed by atoms with van der Waals surface area (Å²) < 4.78 is 32.8. The molecule has 2 aromatic rings. The molecule has 1 aliphatic heterocycles. The van der Waals surface area contributed by atoms with Crippen molar-refractivity contribution < 1.29 is 17.9 Å². The molecule has 0 saturated heterocycles. The fourth-order valence-corrected chi connectivity index (χ4v) is 3.54. The predicted molar refractivity (Wildman–Crippen MR) is 87.3 cm³/mol. The van der Waals surface area contributed by atoms with Gasteiger partial charge in [0, 0.05) is 5.69 Å². The monoisotopic (exact) mass is 332 g/mol. The number of hydrogen-bond donors (Lipinski definition) is 2. The second-order valence-corrected chi connectivity index (χ2v) is 7.16. The molecule has 0 aromatic heterocycles. The zero-order valence-corrected chi connectivity index (χ0v) is 13.5. The number of nitrogens with one attached hydrogen (secondary N) is 2. The van der Waals surface area contributed by atoms with Gasteiger partial charge in [0.25, 0.3) is 15.9 Å². The van der Waals surface area contributed by atoms with Crippen LogP contribution in [0.2, 0.25) is 0 Å². The molecular formula is C16H16N2O4S. The molecular weight excluding hydrogens is 316 g/mol. The van der Waals surface area contributed by atoms with Crippen LogP contribution in [0.15, 0.2) is 41.3 Å². The van der Waals surface area contributed by atoms with Crippen LogP contribution < -0.4 is 14.8 Å². The van der Waals surface area contributed by atoms with E-state index in [1.807, 2.05) is 19.9 Å². The van der Waals surface area contributed by atoms with Gasteiger partial charge >= 0.3 is 0 Å². The molecule has 3 rings (SSSR count). The van der Waals surface area contributed by atoms with Gasteiger partial charge < -0.3 is 10.1 Å². The minimum atomic E-state index is -3.75. The number of carbonyl (C=O) groups is 1. The summed E-state index contributed by atoms with van der Waals surface area (Å²) in [5, 5.41) is 2.60. The smallest absolute Gasteiger partial charge is 0.262 e. The summed E-state index contributed by atoms with van der Waals surface area (Å²) in [6.45, 7) is 3.73. The minimum Gasteiger partial charge on any atom is -0.482 e. The molecule has 1 aliphatic rings. The largest absolute Gasteiger partial charge is 0.482 e. The van der Waals surface area contributed by atoms with E-state index in [9.17, 15) is 13.2 Å². The summed E-state index contributed by atoms with van der Waals surface area (Å²) in [7, 11) is -3.75. The second-order valence-electron chi connectivity index (χ2n) is 5.48. The van der Waals surface area contributed by atoms with Crippen LogP contribution in [0.1, 0.15) is 11.1 Å². The molecule has 2 aromatic carbocycles. The van der Waals surface area contributed by atoms with Gasteiger partial charge in [-0.25, -0.2) is 8.42 Å². The maximum Gasteiger partial charge on any atom is 0.262 e. The average molecular weight is 332 g/mol. The molecule has 120 valence electrons. The first-order valence-corrected chi connectivity index (χ1v) is 8.50. The molecule has 0 fully saturated rings. The predicted octanol–water partition coefficient (Wildman–Crippen LogP) is 2.44. The third-order valence-corrected chi connectivity index (χ3v) is 4.75. The molecule has 7 heteroatoms. The molecule has 0 unspecified atom stereocenters. The topological polar surface area (TPSA) is 84.5 Å². The van der Waals surface area contributed by atoms with E-state index in [1.165, 1.54) is 18.2 Å². The van der Waals surface area contributed by atoms with Crippen molar-refractivity contribution in [3.05, 3.63) is 47.5 Å². The van der Waals surface area contributed by atoms with Crippen LogP contribution >= 0.6 is 0 Å². The lowest BCUT2D eigenvalue weighted by Gasteiger charge is -2.18. The fourth-order valence-electron chi connectivity index (χ4n) is 2.48. The molecule has 1 amide bonds. The Morgan fingerprint density at radius 2 is 1.78 bits per heavy atom. The van der Waals surface area contributed by atoms with E-state index >= 15 is 0 Å². The number of rotatable bonds is 3. The van der Waals surface area contributed by atoms with E-state index in [0.717, 1.165) is 11.1 Å². The summed E-state index contributed by atoms with van der Waals surface area (Å²) in [6.07, 6.45) is 0.